The van der Waals surface area contributed by atoms with Crippen molar-refractivity contribution in [1.82, 2.24) is 9.88 Å². The molecule has 1 fully saturated rings. The van der Waals surface area contributed by atoms with Crippen molar-refractivity contribution in [2.75, 3.05) is 26.7 Å². The maximum absolute atomic E-state index is 11.6. The Morgan fingerprint density at radius 1 is 1.14 bits per heavy atom. The average molecular weight is 491 g/mol. The van der Waals surface area contributed by atoms with Crippen LogP contribution in [0.15, 0.2) is 60.8 Å². The number of ether oxygens (including phenoxy) is 1. The fourth-order valence-electron chi connectivity index (χ4n) is 5.60. The molecule has 36 heavy (non-hydrogen) atoms. The molecule has 1 unspecified atom stereocenters. The van der Waals surface area contributed by atoms with Crippen LogP contribution in [0.5, 0.6) is 5.75 Å². The first-order valence-electron chi connectivity index (χ1n) is 13.1. The maximum atomic E-state index is 11.6. The maximum Gasteiger partial charge on any atom is 0.303 e. The van der Waals surface area contributed by atoms with Crippen LogP contribution in [0.25, 0.3) is 10.9 Å². The summed E-state index contributed by atoms with van der Waals surface area (Å²) in [6.45, 7) is 2.84. The van der Waals surface area contributed by atoms with E-state index in [1.54, 1.807) is 13.3 Å². The van der Waals surface area contributed by atoms with Crippen LogP contribution >= 0.6 is 0 Å². The molecule has 192 valence electrons. The number of aryl methyl sites for hydroxylation is 1. The minimum atomic E-state index is -0.733. The van der Waals surface area contributed by atoms with Crippen molar-refractivity contribution in [3.8, 4) is 5.75 Å². The molecule has 4 rings (SSSR count). The van der Waals surface area contributed by atoms with Crippen LogP contribution in [0.3, 0.4) is 0 Å². The molecule has 0 spiro atoms. The number of hydrogen-bond acceptors (Lipinski definition) is 5. The van der Waals surface area contributed by atoms with Gasteiger partial charge in [0.15, 0.2) is 0 Å². The Bertz CT molecular complexity index is 1120. The van der Waals surface area contributed by atoms with E-state index in [1.807, 2.05) is 30.3 Å². The Hall–Kier alpha value is -2.96. The van der Waals surface area contributed by atoms with Gasteiger partial charge in [0.05, 0.1) is 18.7 Å². The van der Waals surface area contributed by atoms with E-state index in [9.17, 15) is 15.0 Å². The number of carboxylic acids is 1. The van der Waals surface area contributed by atoms with Gasteiger partial charge >= 0.3 is 5.97 Å². The minimum absolute atomic E-state index is 0.117. The molecular formula is C30H38N2O4. The summed E-state index contributed by atoms with van der Waals surface area (Å²) < 4.78 is 5.36. The number of aliphatic hydroxyl groups is 1. The highest BCUT2D eigenvalue weighted by atomic mass is 16.5. The van der Waals surface area contributed by atoms with Crippen LogP contribution in [-0.4, -0.2) is 52.8 Å². The topological polar surface area (TPSA) is 82.9 Å². The molecule has 0 amide bonds. The zero-order valence-corrected chi connectivity index (χ0v) is 21.2. The Morgan fingerprint density at radius 2 is 1.97 bits per heavy atom. The number of nitrogens with zero attached hydrogens (tertiary/aromatic N) is 2. The van der Waals surface area contributed by atoms with Crippen LogP contribution in [0, 0.1) is 11.8 Å². The van der Waals surface area contributed by atoms with E-state index >= 15 is 0 Å². The number of aromatic nitrogens is 1. The van der Waals surface area contributed by atoms with Crippen molar-refractivity contribution in [2.45, 2.75) is 51.0 Å². The first-order valence-corrected chi connectivity index (χ1v) is 13.1. The molecule has 3 atom stereocenters. The lowest BCUT2D eigenvalue weighted by molar-refractivity contribution is -0.139. The number of carbonyl (C=O) groups is 1. The SMILES string of the molecule is COc1ccc2nccc(C(O)CC[C@@H]3CCN(CCCCc4ccccc4)C[C@@H]3CC(=O)O)c2c1. The first-order chi connectivity index (χ1) is 17.5. The first kappa shape index (κ1) is 26.1. The van der Waals surface area contributed by atoms with E-state index in [0.29, 0.717) is 12.3 Å². The van der Waals surface area contributed by atoms with E-state index in [2.05, 4.69) is 34.1 Å². The molecule has 2 aromatic carbocycles. The second-order valence-electron chi connectivity index (χ2n) is 10.0. The highest BCUT2D eigenvalue weighted by Gasteiger charge is 2.31. The van der Waals surface area contributed by atoms with Gasteiger partial charge < -0.3 is 19.8 Å². The molecule has 0 saturated carbocycles. The molecule has 2 heterocycles. The lowest BCUT2D eigenvalue weighted by Crippen LogP contribution is -2.41. The summed E-state index contributed by atoms with van der Waals surface area (Å²) in [7, 11) is 1.63. The van der Waals surface area contributed by atoms with Gasteiger partial charge in [0.25, 0.3) is 0 Å². The van der Waals surface area contributed by atoms with Crippen LogP contribution in [0.1, 0.15) is 55.8 Å². The Kier molecular flexibility index (Phi) is 9.31. The third kappa shape index (κ3) is 7.05. The smallest absolute Gasteiger partial charge is 0.303 e. The monoisotopic (exact) mass is 490 g/mol. The summed E-state index contributed by atoms with van der Waals surface area (Å²) >= 11 is 0. The van der Waals surface area contributed by atoms with E-state index in [1.165, 1.54) is 5.56 Å². The Balaban J connectivity index is 1.31. The van der Waals surface area contributed by atoms with Gasteiger partial charge in [0.2, 0.25) is 0 Å². The van der Waals surface area contributed by atoms with E-state index < -0.39 is 12.1 Å². The quantitative estimate of drug-likeness (QED) is 0.327. The van der Waals surface area contributed by atoms with Crippen LogP contribution in [0.4, 0.5) is 0 Å². The third-order valence-corrected chi connectivity index (χ3v) is 7.60. The van der Waals surface area contributed by atoms with Gasteiger partial charge in [-0.2, -0.15) is 0 Å². The van der Waals surface area contributed by atoms with Crippen molar-refractivity contribution < 1.29 is 19.7 Å². The van der Waals surface area contributed by atoms with E-state index in [-0.39, 0.29) is 12.3 Å². The Labute approximate surface area is 213 Å². The van der Waals surface area contributed by atoms with Crippen LogP contribution in [0.2, 0.25) is 0 Å². The molecule has 0 aliphatic carbocycles. The number of carboxylic acid groups (broad SMARTS) is 1. The summed E-state index contributed by atoms with van der Waals surface area (Å²) in [6, 6.07) is 18.1. The lowest BCUT2D eigenvalue weighted by Gasteiger charge is -2.38. The summed E-state index contributed by atoms with van der Waals surface area (Å²) in [6.07, 6.45) is 7.05. The van der Waals surface area contributed by atoms with E-state index in [0.717, 1.165) is 74.0 Å². The number of piperidine rings is 1. The molecule has 3 aromatic rings. The number of rotatable bonds is 12. The second kappa shape index (κ2) is 12.8. The number of likely N-dealkylation sites (tertiary alicyclic amines) is 1. The van der Waals surface area contributed by atoms with Gasteiger partial charge in [-0.1, -0.05) is 30.3 Å². The molecule has 1 aromatic heterocycles. The van der Waals surface area contributed by atoms with Crippen molar-refractivity contribution in [2.24, 2.45) is 11.8 Å². The molecule has 0 radical (unpaired) electrons. The number of hydrogen-bond donors (Lipinski definition) is 2. The average Bonchev–Trinajstić information content (AvgIpc) is 2.90. The number of aliphatic hydroxyl groups excluding tert-OH is 1. The molecule has 1 aliphatic heterocycles. The highest BCUT2D eigenvalue weighted by molar-refractivity contribution is 5.83. The molecular weight excluding hydrogens is 452 g/mol. The minimum Gasteiger partial charge on any atom is -0.497 e. The predicted octanol–water partition coefficient (Wildman–Crippen LogP) is 5.49. The van der Waals surface area contributed by atoms with E-state index in [4.69, 9.17) is 4.74 Å². The lowest BCUT2D eigenvalue weighted by atomic mass is 9.79. The molecule has 6 heteroatoms. The van der Waals surface area contributed by atoms with Crippen molar-refractivity contribution in [3.63, 3.8) is 0 Å². The number of methoxy groups -OCH3 is 1. The normalized spacial score (nSPS) is 19.3. The number of pyridine rings is 1. The predicted molar refractivity (Wildman–Crippen MR) is 142 cm³/mol. The number of aliphatic carboxylic acids is 1. The molecule has 0 bridgehead atoms. The van der Waals surface area contributed by atoms with Gasteiger partial charge in [-0.15, -0.1) is 0 Å². The largest absolute Gasteiger partial charge is 0.497 e. The van der Waals surface area contributed by atoms with Gasteiger partial charge in [0.1, 0.15) is 5.75 Å². The third-order valence-electron chi connectivity index (χ3n) is 7.60. The zero-order chi connectivity index (χ0) is 25.3. The van der Waals surface area contributed by atoms with Crippen molar-refractivity contribution in [3.05, 3.63) is 71.9 Å². The van der Waals surface area contributed by atoms with Crippen LogP contribution < -0.4 is 4.74 Å². The van der Waals surface area contributed by atoms with Gasteiger partial charge in [0, 0.05) is 24.5 Å². The molecule has 6 nitrogen and oxygen atoms in total. The molecule has 1 aliphatic rings. The second-order valence-corrected chi connectivity index (χ2v) is 10.0. The van der Waals surface area contributed by atoms with Gasteiger partial charge in [-0.25, -0.2) is 0 Å². The summed E-state index contributed by atoms with van der Waals surface area (Å²) in [5, 5.41) is 21.5. The Morgan fingerprint density at radius 3 is 2.75 bits per heavy atom. The number of benzene rings is 2. The fraction of sp³-hybridized carbons (Fsp3) is 0.467. The van der Waals surface area contributed by atoms with Gasteiger partial charge in [-0.3, -0.25) is 9.78 Å². The van der Waals surface area contributed by atoms with Crippen molar-refractivity contribution >= 4 is 16.9 Å². The summed E-state index contributed by atoms with van der Waals surface area (Å²) in [5.41, 5.74) is 3.06. The summed E-state index contributed by atoms with van der Waals surface area (Å²) in [5.74, 6) is 0.427. The molecule has 2 N–H and O–H groups in total. The fourth-order valence-corrected chi connectivity index (χ4v) is 5.60. The number of unbranched alkanes of at least 4 members (excludes halogenated alkanes) is 1. The van der Waals surface area contributed by atoms with Crippen LogP contribution in [-0.2, 0) is 11.2 Å². The van der Waals surface area contributed by atoms with Crippen molar-refractivity contribution in [1.29, 1.82) is 0 Å². The number of fused-ring (bicyclic) bond motifs is 1. The standard InChI is InChI=1S/C30H38N2O4/c1-36-25-11-12-28-27(20-25)26(14-16-31-28)29(33)13-10-23-15-18-32(21-24(23)19-30(34)35)17-6-5-9-22-7-3-2-4-8-22/h2-4,7-8,11-12,14,16,20,23-24,29,33H,5-6,9-10,13,15,17-19,21H2,1H3,(H,34,35)/t23-,24+,29?/m1/s1. The summed E-state index contributed by atoms with van der Waals surface area (Å²) in [4.78, 5) is 18.5. The zero-order valence-electron chi connectivity index (χ0n) is 21.2. The highest BCUT2D eigenvalue weighted by Crippen LogP contribution is 2.34. The van der Waals surface area contributed by atoms with Gasteiger partial charge in [-0.05, 0) is 98.8 Å². The molecule has 1 saturated heterocycles.